The Morgan fingerprint density at radius 3 is 2.57 bits per heavy atom. The molecule has 1 aromatic heterocycles. The highest BCUT2D eigenvalue weighted by atomic mass is 16.1. The Morgan fingerprint density at radius 1 is 0.964 bits per heavy atom. The zero-order valence-electron chi connectivity index (χ0n) is 16.0. The summed E-state index contributed by atoms with van der Waals surface area (Å²) >= 11 is 0. The highest BCUT2D eigenvalue weighted by molar-refractivity contribution is 6.02. The van der Waals surface area contributed by atoms with E-state index in [0.717, 1.165) is 22.3 Å². The summed E-state index contributed by atoms with van der Waals surface area (Å²) in [5, 5.41) is 2.78. The maximum absolute atomic E-state index is 12.5. The van der Waals surface area contributed by atoms with Crippen LogP contribution in [0.3, 0.4) is 0 Å². The van der Waals surface area contributed by atoms with Crippen molar-refractivity contribution < 1.29 is 9.59 Å². The first-order chi connectivity index (χ1) is 13.5. The van der Waals surface area contributed by atoms with Crippen LogP contribution in [0.15, 0.2) is 73.1 Å². The highest BCUT2D eigenvalue weighted by Crippen LogP contribution is 2.13. The maximum Gasteiger partial charge on any atom is 0.248 e. The van der Waals surface area contributed by atoms with Crippen molar-refractivity contribution >= 4 is 23.5 Å². The maximum atomic E-state index is 12.5. The monoisotopic (exact) mass is 370 g/mol. The number of benzene rings is 2. The number of amides is 1. The number of anilines is 1. The largest absolute Gasteiger partial charge is 0.321 e. The molecule has 0 saturated heterocycles. The highest BCUT2D eigenvalue weighted by Gasteiger charge is 2.07. The van der Waals surface area contributed by atoms with Gasteiger partial charge in [-0.3, -0.25) is 14.6 Å². The second-order valence-corrected chi connectivity index (χ2v) is 6.79. The Bertz CT molecular complexity index is 1040. The van der Waals surface area contributed by atoms with Crippen LogP contribution in [0.1, 0.15) is 32.6 Å². The van der Waals surface area contributed by atoms with Gasteiger partial charge in [0, 0.05) is 24.3 Å². The Hall–Kier alpha value is -3.53. The number of nitrogens with zero attached hydrogens (tertiary/aromatic N) is 1. The number of hydrogen-bond donors (Lipinski definition) is 1. The summed E-state index contributed by atoms with van der Waals surface area (Å²) in [5.41, 5.74) is 5.20. The summed E-state index contributed by atoms with van der Waals surface area (Å²) in [6, 6.07) is 17.1. The molecule has 1 N–H and O–H groups in total. The van der Waals surface area contributed by atoms with Crippen molar-refractivity contribution in [2.24, 2.45) is 0 Å². The van der Waals surface area contributed by atoms with Gasteiger partial charge in [0.05, 0.1) is 11.9 Å². The van der Waals surface area contributed by atoms with Crippen LogP contribution in [-0.4, -0.2) is 16.7 Å². The molecule has 28 heavy (non-hydrogen) atoms. The lowest BCUT2D eigenvalue weighted by molar-refractivity contribution is -0.111. The van der Waals surface area contributed by atoms with Gasteiger partial charge in [-0.05, 0) is 48.7 Å². The van der Waals surface area contributed by atoms with E-state index in [2.05, 4.69) is 10.3 Å². The SMILES string of the molecule is Cc1cncc(NC(=O)/C=C/c2cccc(CC(=O)c3cccc(C)c3)c2)c1. The summed E-state index contributed by atoms with van der Waals surface area (Å²) in [4.78, 5) is 28.6. The van der Waals surface area contributed by atoms with Gasteiger partial charge < -0.3 is 5.32 Å². The molecule has 3 aromatic rings. The molecule has 140 valence electrons. The van der Waals surface area contributed by atoms with Gasteiger partial charge in [0.15, 0.2) is 5.78 Å². The average molecular weight is 370 g/mol. The zero-order valence-corrected chi connectivity index (χ0v) is 16.0. The molecule has 0 aliphatic heterocycles. The van der Waals surface area contributed by atoms with Crippen LogP contribution in [0, 0.1) is 13.8 Å². The van der Waals surface area contributed by atoms with Crippen molar-refractivity contribution in [1.29, 1.82) is 0 Å². The first-order valence-electron chi connectivity index (χ1n) is 9.09. The molecule has 0 aliphatic rings. The summed E-state index contributed by atoms with van der Waals surface area (Å²) in [7, 11) is 0. The molecule has 0 atom stereocenters. The Kier molecular flexibility index (Phi) is 6.12. The third-order valence-corrected chi connectivity index (χ3v) is 4.23. The van der Waals surface area contributed by atoms with E-state index in [1.807, 2.05) is 68.4 Å². The fourth-order valence-electron chi connectivity index (χ4n) is 2.89. The van der Waals surface area contributed by atoms with Crippen molar-refractivity contribution in [3.05, 3.63) is 101 Å². The van der Waals surface area contributed by atoms with E-state index in [4.69, 9.17) is 0 Å². The van der Waals surface area contributed by atoms with E-state index in [1.54, 1.807) is 18.5 Å². The molecule has 3 rings (SSSR count). The number of Topliss-reactive ketones (excluding diaryl/α,β-unsaturated/α-hetero) is 1. The van der Waals surface area contributed by atoms with Crippen LogP contribution in [0.25, 0.3) is 6.08 Å². The van der Waals surface area contributed by atoms with Crippen LogP contribution in [0.2, 0.25) is 0 Å². The predicted molar refractivity (Wildman–Crippen MR) is 112 cm³/mol. The van der Waals surface area contributed by atoms with E-state index in [9.17, 15) is 9.59 Å². The van der Waals surface area contributed by atoms with E-state index < -0.39 is 0 Å². The number of rotatable bonds is 6. The third-order valence-electron chi connectivity index (χ3n) is 4.23. The Labute approximate surface area is 165 Å². The molecule has 0 fully saturated rings. The minimum Gasteiger partial charge on any atom is -0.321 e. The second kappa shape index (κ2) is 8.91. The Balaban J connectivity index is 1.65. The molecule has 0 aliphatic carbocycles. The minimum atomic E-state index is -0.228. The molecule has 1 heterocycles. The van der Waals surface area contributed by atoms with Gasteiger partial charge >= 0.3 is 0 Å². The molecule has 4 nitrogen and oxygen atoms in total. The Morgan fingerprint density at radius 2 is 1.79 bits per heavy atom. The number of aromatic nitrogens is 1. The number of ketones is 1. The molecule has 1 amide bonds. The number of nitrogens with one attached hydrogen (secondary N) is 1. The average Bonchev–Trinajstić information content (AvgIpc) is 2.67. The normalized spacial score (nSPS) is 10.8. The van der Waals surface area contributed by atoms with Crippen LogP contribution in [0.5, 0.6) is 0 Å². The van der Waals surface area contributed by atoms with E-state index in [0.29, 0.717) is 17.7 Å². The van der Waals surface area contributed by atoms with Gasteiger partial charge in [-0.25, -0.2) is 0 Å². The molecule has 0 radical (unpaired) electrons. The zero-order chi connectivity index (χ0) is 19.9. The molecule has 0 spiro atoms. The first kappa shape index (κ1) is 19.2. The standard InChI is InChI=1S/C24H22N2O2/c1-17-5-3-8-21(11-17)23(27)14-20-7-4-6-19(13-20)9-10-24(28)26-22-12-18(2)15-25-16-22/h3-13,15-16H,14H2,1-2H3,(H,26,28)/b10-9+. The number of carbonyl (C=O) groups excluding carboxylic acids is 2. The number of carbonyl (C=O) groups is 2. The lowest BCUT2D eigenvalue weighted by Gasteiger charge is -2.04. The van der Waals surface area contributed by atoms with Crippen LogP contribution in [0.4, 0.5) is 5.69 Å². The van der Waals surface area contributed by atoms with Crippen molar-refractivity contribution in [1.82, 2.24) is 4.98 Å². The summed E-state index contributed by atoms with van der Waals surface area (Å²) < 4.78 is 0. The summed E-state index contributed by atoms with van der Waals surface area (Å²) in [6.07, 6.45) is 6.88. The van der Waals surface area contributed by atoms with Gasteiger partial charge in [0.1, 0.15) is 0 Å². The first-order valence-corrected chi connectivity index (χ1v) is 9.09. The van der Waals surface area contributed by atoms with E-state index >= 15 is 0 Å². The van der Waals surface area contributed by atoms with E-state index in [-0.39, 0.29) is 11.7 Å². The van der Waals surface area contributed by atoms with E-state index in [1.165, 1.54) is 6.08 Å². The van der Waals surface area contributed by atoms with Gasteiger partial charge in [-0.2, -0.15) is 0 Å². The smallest absolute Gasteiger partial charge is 0.248 e. The van der Waals surface area contributed by atoms with Gasteiger partial charge in [0.2, 0.25) is 5.91 Å². The topological polar surface area (TPSA) is 59.1 Å². The molecule has 4 heteroatoms. The molecule has 0 unspecified atom stereocenters. The number of hydrogen-bond acceptors (Lipinski definition) is 3. The fourth-order valence-corrected chi connectivity index (χ4v) is 2.89. The fraction of sp³-hybridized carbons (Fsp3) is 0.125. The molecule has 2 aromatic carbocycles. The van der Waals surface area contributed by atoms with Crippen molar-refractivity contribution in [3.63, 3.8) is 0 Å². The number of aryl methyl sites for hydroxylation is 2. The van der Waals surface area contributed by atoms with Crippen LogP contribution < -0.4 is 5.32 Å². The molecular formula is C24H22N2O2. The van der Waals surface area contributed by atoms with Gasteiger partial charge in [0.25, 0.3) is 0 Å². The van der Waals surface area contributed by atoms with Crippen molar-refractivity contribution in [2.45, 2.75) is 20.3 Å². The summed E-state index contributed by atoms with van der Waals surface area (Å²) in [6.45, 7) is 3.89. The van der Waals surface area contributed by atoms with Crippen LogP contribution >= 0.6 is 0 Å². The van der Waals surface area contributed by atoms with Gasteiger partial charge in [-0.1, -0.05) is 48.0 Å². The number of pyridine rings is 1. The lowest BCUT2D eigenvalue weighted by atomic mass is 10.00. The molecule has 0 saturated carbocycles. The van der Waals surface area contributed by atoms with Crippen molar-refractivity contribution in [3.8, 4) is 0 Å². The second-order valence-electron chi connectivity index (χ2n) is 6.79. The third kappa shape index (κ3) is 5.48. The predicted octanol–water partition coefficient (Wildman–Crippen LogP) is 4.78. The van der Waals surface area contributed by atoms with Crippen molar-refractivity contribution in [2.75, 3.05) is 5.32 Å². The minimum absolute atomic E-state index is 0.0783. The quantitative estimate of drug-likeness (QED) is 0.502. The van der Waals surface area contributed by atoms with Gasteiger partial charge in [-0.15, -0.1) is 0 Å². The lowest BCUT2D eigenvalue weighted by Crippen LogP contribution is -2.08. The molecule has 0 bridgehead atoms. The molecular weight excluding hydrogens is 348 g/mol. The summed E-state index contributed by atoms with van der Waals surface area (Å²) in [5.74, 6) is -0.150. The van der Waals surface area contributed by atoms with Crippen LogP contribution in [-0.2, 0) is 11.2 Å².